The molecule has 0 heterocycles. The van der Waals surface area contributed by atoms with Gasteiger partial charge in [-0.05, 0) is 12.8 Å². The van der Waals surface area contributed by atoms with E-state index in [0.717, 1.165) is 12.8 Å². The Hall–Kier alpha value is -1.31. The maximum absolute atomic E-state index is 11.8. The van der Waals surface area contributed by atoms with E-state index in [1.54, 1.807) is 0 Å². The van der Waals surface area contributed by atoms with E-state index in [9.17, 15) is 22.8 Å². The molecule has 0 aromatic heterocycles. The van der Waals surface area contributed by atoms with Crippen molar-refractivity contribution in [2.24, 2.45) is 5.92 Å². The summed E-state index contributed by atoms with van der Waals surface area (Å²) in [4.78, 5) is 22.3. The van der Waals surface area contributed by atoms with E-state index in [2.05, 4.69) is 10.1 Å². The molecule has 0 radical (unpaired) electrons. The largest absolute Gasteiger partial charge is 0.481 e. The molecule has 1 amide bonds. The SMILES string of the molecule is O=C(COCC(F)(F)F)NC1CCCCC1C(=O)O. The van der Waals surface area contributed by atoms with Crippen LogP contribution in [0.5, 0.6) is 0 Å². The van der Waals surface area contributed by atoms with Crippen LogP contribution in [-0.2, 0) is 14.3 Å². The summed E-state index contributed by atoms with van der Waals surface area (Å²) in [5, 5.41) is 11.4. The molecule has 1 fully saturated rings. The summed E-state index contributed by atoms with van der Waals surface area (Å²) >= 11 is 0. The Balaban J connectivity index is 2.36. The third kappa shape index (κ3) is 5.91. The molecule has 0 spiro atoms. The summed E-state index contributed by atoms with van der Waals surface area (Å²) in [6.07, 6.45) is -1.94. The van der Waals surface area contributed by atoms with Gasteiger partial charge in [-0.25, -0.2) is 0 Å². The van der Waals surface area contributed by atoms with Crippen LogP contribution in [0.15, 0.2) is 0 Å². The lowest BCUT2D eigenvalue weighted by molar-refractivity contribution is -0.175. The van der Waals surface area contributed by atoms with Crippen LogP contribution in [0.1, 0.15) is 25.7 Å². The first kappa shape index (κ1) is 15.7. The second kappa shape index (κ2) is 6.74. The number of aliphatic carboxylic acids is 1. The van der Waals surface area contributed by atoms with E-state index in [0.29, 0.717) is 12.8 Å². The number of carbonyl (C=O) groups excluding carboxylic acids is 1. The van der Waals surface area contributed by atoms with Gasteiger partial charge >= 0.3 is 12.1 Å². The molecule has 8 heteroatoms. The molecule has 1 rings (SSSR count). The second-order valence-corrected chi connectivity index (χ2v) is 4.51. The van der Waals surface area contributed by atoms with Crippen LogP contribution in [0.4, 0.5) is 13.2 Å². The van der Waals surface area contributed by atoms with Crippen LogP contribution >= 0.6 is 0 Å². The Morgan fingerprint density at radius 2 is 1.89 bits per heavy atom. The van der Waals surface area contributed by atoms with Crippen molar-refractivity contribution in [1.29, 1.82) is 0 Å². The number of nitrogens with one attached hydrogen (secondary N) is 1. The lowest BCUT2D eigenvalue weighted by Gasteiger charge is -2.29. The third-order valence-electron chi connectivity index (χ3n) is 2.93. The molecule has 0 aromatic carbocycles. The monoisotopic (exact) mass is 283 g/mol. The van der Waals surface area contributed by atoms with Crippen molar-refractivity contribution in [1.82, 2.24) is 5.32 Å². The van der Waals surface area contributed by atoms with Crippen LogP contribution in [-0.4, -0.2) is 42.4 Å². The number of rotatable bonds is 5. The van der Waals surface area contributed by atoms with Crippen LogP contribution in [0.3, 0.4) is 0 Å². The van der Waals surface area contributed by atoms with Crippen LogP contribution in [0.25, 0.3) is 0 Å². The van der Waals surface area contributed by atoms with Gasteiger partial charge in [0.05, 0.1) is 5.92 Å². The quantitative estimate of drug-likeness (QED) is 0.798. The number of carboxylic acids is 1. The molecule has 0 saturated heterocycles. The number of amides is 1. The van der Waals surface area contributed by atoms with Crippen LogP contribution in [0, 0.1) is 5.92 Å². The minimum absolute atomic E-state index is 0.462. The molecule has 0 aromatic rings. The molecular weight excluding hydrogens is 267 g/mol. The van der Waals surface area contributed by atoms with Crippen LogP contribution < -0.4 is 5.32 Å². The van der Waals surface area contributed by atoms with Gasteiger partial charge in [-0.3, -0.25) is 9.59 Å². The Bertz CT molecular complexity index is 332. The van der Waals surface area contributed by atoms with Crippen molar-refractivity contribution < 1.29 is 32.6 Å². The van der Waals surface area contributed by atoms with Gasteiger partial charge < -0.3 is 15.2 Å². The summed E-state index contributed by atoms with van der Waals surface area (Å²) in [5.74, 6) is -2.40. The van der Waals surface area contributed by atoms with Crippen molar-refractivity contribution in [2.75, 3.05) is 13.2 Å². The van der Waals surface area contributed by atoms with Gasteiger partial charge in [0.15, 0.2) is 0 Å². The van der Waals surface area contributed by atoms with Gasteiger partial charge in [0, 0.05) is 6.04 Å². The average Bonchev–Trinajstić information content (AvgIpc) is 2.27. The van der Waals surface area contributed by atoms with Gasteiger partial charge in [0.1, 0.15) is 13.2 Å². The lowest BCUT2D eigenvalue weighted by Crippen LogP contribution is -2.46. The molecule has 0 aliphatic heterocycles. The predicted molar refractivity (Wildman–Crippen MR) is 58.4 cm³/mol. The Labute approximate surface area is 108 Å². The molecule has 0 bridgehead atoms. The maximum Gasteiger partial charge on any atom is 0.411 e. The fraction of sp³-hybridized carbons (Fsp3) is 0.818. The van der Waals surface area contributed by atoms with Crippen molar-refractivity contribution in [3.8, 4) is 0 Å². The van der Waals surface area contributed by atoms with Gasteiger partial charge in [-0.1, -0.05) is 12.8 Å². The van der Waals surface area contributed by atoms with Gasteiger partial charge in [-0.2, -0.15) is 13.2 Å². The molecule has 19 heavy (non-hydrogen) atoms. The summed E-state index contributed by atoms with van der Waals surface area (Å²) in [6.45, 7) is -2.21. The van der Waals surface area contributed by atoms with Crippen molar-refractivity contribution in [3.63, 3.8) is 0 Å². The Kier molecular flexibility index (Phi) is 5.59. The highest BCUT2D eigenvalue weighted by atomic mass is 19.4. The first-order chi connectivity index (χ1) is 8.79. The first-order valence-electron chi connectivity index (χ1n) is 5.96. The number of carboxylic acid groups (broad SMARTS) is 1. The Morgan fingerprint density at radius 3 is 2.47 bits per heavy atom. The van der Waals surface area contributed by atoms with E-state index in [1.807, 2.05) is 0 Å². The minimum Gasteiger partial charge on any atom is -0.481 e. The Morgan fingerprint density at radius 1 is 1.26 bits per heavy atom. The van der Waals surface area contributed by atoms with Crippen molar-refractivity contribution >= 4 is 11.9 Å². The fourth-order valence-corrected chi connectivity index (χ4v) is 2.11. The molecular formula is C11H16F3NO4. The highest BCUT2D eigenvalue weighted by molar-refractivity contribution is 5.79. The van der Waals surface area contributed by atoms with Gasteiger partial charge in [0.2, 0.25) is 5.91 Å². The highest BCUT2D eigenvalue weighted by Gasteiger charge is 2.32. The summed E-state index contributed by atoms with van der Waals surface area (Å²) in [7, 11) is 0. The van der Waals surface area contributed by atoms with E-state index in [1.165, 1.54) is 0 Å². The van der Waals surface area contributed by atoms with E-state index < -0.39 is 43.2 Å². The molecule has 1 saturated carbocycles. The highest BCUT2D eigenvalue weighted by Crippen LogP contribution is 2.24. The zero-order valence-electron chi connectivity index (χ0n) is 10.2. The number of hydrogen-bond acceptors (Lipinski definition) is 3. The summed E-state index contributed by atoms with van der Waals surface area (Å²) < 4.78 is 39.6. The molecule has 2 unspecified atom stereocenters. The van der Waals surface area contributed by atoms with E-state index in [-0.39, 0.29) is 0 Å². The minimum atomic E-state index is -4.48. The third-order valence-corrected chi connectivity index (χ3v) is 2.93. The van der Waals surface area contributed by atoms with Gasteiger partial charge in [-0.15, -0.1) is 0 Å². The molecule has 1 aliphatic carbocycles. The van der Waals surface area contributed by atoms with E-state index in [4.69, 9.17) is 5.11 Å². The molecule has 1 aliphatic rings. The van der Waals surface area contributed by atoms with E-state index >= 15 is 0 Å². The molecule has 5 nitrogen and oxygen atoms in total. The lowest BCUT2D eigenvalue weighted by atomic mass is 9.84. The predicted octanol–water partition coefficient (Wildman–Crippen LogP) is 1.32. The van der Waals surface area contributed by atoms with Crippen LogP contribution in [0.2, 0.25) is 0 Å². The number of ether oxygens (including phenoxy) is 1. The fourth-order valence-electron chi connectivity index (χ4n) is 2.11. The van der Waals surface area contributed by atoms with Gasteiger partial charge in [0.25, 0.3) is 0 Å². The topological polar surface area (TPSA) is 75.6 Å². The smallest absolute Gasteiger partial charge is 0.411 e. The zero-order chi connectivity index (χ0) is 14.5. The van der Waals surface area contributed by atoms with Crippen molar-refractivity contribution in [2.45, 2.75) is 37.9 Å². The summed E-state index contributed by atoms with van der Waals surface area (Å²) in [6, 6.07) is -0.534. The molecule has 2 N–H and O–H groups in total. The number of hydrogen-bond donors (Lipinski definition) is 2. The maximum atomic E-state index is 11.8. The number of alkyl halides is 3. The second-order valence-electron chi connectivity index (χ2n) is 4.51. The molecule has 2 atom stereocenters. The molecule has 110 valence electrons. The van der Waals surface area contributed by atoms with Crippen molar-refractivity contribution in [3.05, 3.63) is 0 Å². The number of carbonyl (C=O) groups is 2. The zero-order valence-corrected chi connectivity index (χ0v) is 10.2. The normalized spacial score (nSPS) is 23.9. The number of halogens is 3. The first-order valence-corrected chi connectivity index (χ1v) is 5.96. The average molecular weight is 283 g/mol. The standard InChI is InChI=1S/C11H16F3NO4/c12-11(13,14)6-19-5-9(16)15-8-4-2-1-3-7(8)10(17)18/h7-8H,1-6H2,(H,15,16)(H,17,18). The summed E-state index contributed by atoms with van der Waals surface area (Å²) in [5.41, 5.74) is 0.